The minimum absolute atomic E-state index is 0.0261. The van der Waals surface area contributed by atoms with Crippen LogP contribution < -0.4 is 0 Å². The molecule has 1 aromatic carbocycles. The van der Waals surface area contributed by atoms with E-state index in [9.17, 15) is 13.9 Å². The van der Waals surface area contributed by atoms with Gasteiger partial charge in [0, 0.05) is 24.4 Å². The van der Waals surface area contributed by atoms with Crippen molar-refractivity contribution in [3.05, 3.63) is 65.5 Å². The average Bonchev–Trinajstić information content (AvgIpc) is 2.34. The number of halogens is 2. The number of benzene rings is 1. The first-order chi connectivity index (χ1) is 8.18. The van der Waals surface area contributed by atoms with Gasteiger partial charge in [0.1, 0.15) is 0 Å². The highest BCUT2D eigenvalue weighted by atomic mass is 19.2. The Labute approximate surface area is 97.6 Å². The first-order valence-corrected chi connectivity index (χ1v) is 5.19. The van der Waals surface area contributed by atoms with E-state index >= 15 is 0 Å². The van der Waals surface area contributed by atoms with Crippen LogP contribution in [-0.4, -0.2) is 10.1 Å². The summed E-state index contributed by atoms with van der Waals surface area (Å²) in [5, 5.41) is 9.85. The van der Waals surface area contributed by atoms with Crippen LogP contribution >= 0.6 is 0 Å². The zero-order chi connectivity index (χ0) is 12.3. The number of hydrogen-bond donors (Lipinski definition) is 1. The van der Waals surface area contributed by atoms with Crippen LogP contribution in [0.4, 0.5) is 8.78 Å². The maximum atomic E-state index is 13.4. The molecule has 0 aliphatic rings. The average molecular weight is 235 g/mol. The third-order valence-electron chi connectivity index (χ3n) is 2.52. The van der Waals surface area contributed by atoms with E-state index in [2.05, 4.69) is 4.98 Å². The van der Waals surface area contributed by atoms with Crippen molar-refractivity contribution < 1.29 is 13.9 Å². The highest BCUT2D eigenvalue weighted by Gasteiger charge is 2.15. The first kappa shape index (κ1) is 11.7. The zero-order valence-electron chi connectivity index (χ0n) is 8.98. The van der Waals surface area contributed by atoms with Crippen LogP contribution in [0.15, 0.2) is 42.7 Å². The molecular formula is C13H11F2NO. The smallest absolute Gasteiger partial charge is 0.164 e. The topological polar surface area (TPSA) is 33.1 Å². The fourth-order valence-corrected chi connectivity index (χ4v) is 1.63. The van der Waals surface area contributed by atoms with E-state index in [1.54, 1.807) is 24.5 Å². The lowest BCUT2D eigenvalue weighted by molar-refractivity contribution is 0.172. The largest absolute Gasteiger partial charge is 0.388 e. The summed E-state index contributed by atoms with van der Waals surface area (Å²) in [4.78, 5) is 3.84. The predicted molar refractivity (Wildman–Crippen MR) is 59.3 cm³/mol. The van der Waals surface area contributed by atoms with Gasteiger partial charge in [0.2, 0.25) is 0 Å². The molecule has 0 saturated heterocycles. The highest BCUT2D eigenvalue weighted by Crippen LogP contribution is 2.22. The van der Waals surface area contributed by atoms with E-state index < -0.39 is 17.7 Å². The van der Waals surface area contributed by atoms with Crippen molar-refractivity contribution in [3.63, 3.8) is 0 Å². The molecule has 2 nitrogen and oxygen atoms in total. The number of aromatic nitrogens is 1. The summed E-state index contributed by atoms with van der Waals surface area (Å²) in [7, 11) is 0. The number of hydrogen-bond acceptors (Lipinski definition) is 2. The van der Waals surface area contributed by atoms with E-state index in [-0.39, 0.29) is 12.0 Å². The van der Waals surface area contributed by atoms with Crippen LogP contribution in [0.25, 0.3) is 0 Å². The van der Waals surface area contributed by atoms with Gasteiger partial charge in [-0.1, -0.05) is 12.1 Å². The van der Waals surface area contributed by atoms with E-state index in [0.29, 0.717) is 0 Å². The van der Waals surface area contributed by atoms with Crippen LogP contribution in [0.1, 0.15) is 17.2 Å². The van der Waals surface area contributed by atoms with Gasteiger partial charge in [0.05, 0.1) is 6.10 Å². The molecule has 1 aromatic heterocycles. The van der Waals surface area contributed by atoms with E-state index in [0.717, 1.165) is 11.6 Å². The second kappa shape index (κ2) is 5.01. The lowest BCUT2D eigenvalue weighted by atomic mass is 10.0. The van der Waals surface area contributed by atoms with Gasteiger partial charge >= 0.3 is 0 Å². The Morgan fingerprint density at radius 1 is 1.12 bits per heavy atom. The number of nitrogens with zero attached hydrogens (tertiary/aromatic N) is 1. The van der Waals surface area contributed by atoms with Crippen molar-refractivity contribution >= 4 is 0 Å². The fraction of sp³-hybridized carbons (Fsp3) is 0.154. The Hall–Kier alpha value is -1.81. The number of aliphatic hydroxyl groups excluding tert-OH is 1. The van der Waals surface area contributed by atoms with Gasteiger partial charge in [-0.05, 0) is 23.8 Å². The predicted octanol–water partition coefficient (Wildman–Crippen LogP) is 2.64. The molecule has 0 aliphatic carbocycles. The molecule has 1 atom stereocenters. The maximum Gasteiger partial charge on any atom is 0.164 e. The summed E-state index contributed by atoms with van der Waals surface area (Å²) in [6, 6.07) is 7.23. The molecule has 0 spiro atoms. The molecule has 1 heterocycles. The van der Waals surface area contributed by atoms with E-state index in [1.807, 2.05) is 0 Å². The quantitative estimate of drug-likeness (QED) is 0.887. The molecule has 17 heavy (non-hydrogen) atoms. The number of rotatable bonds is 3. The summed E-state index contributed by atoms with van der Waals surface area (Å²) in [5.41, 5.74) is 0.790. The summed E-state index contributed by atoms with van der Waals surface area (Å²) in [6.07, 6.45) is 2.34. The summed E-state index contributed by atoms with van der Waals surface area (Å²) in [6.45, 7) is 0. The van der Waals surface area contributed by atoms with Crippen LogP contribution in [0, 0.1) is 11.6 Å². The molecule has 0 radical (unpaired) electrons. The Bertz CT molecular complexity index is 502. The standard InChI is InChI=1S/C13H11F2NO/c14-11-3-1-2-10(13(11)15)12(17)8-9-4-6-16-7-5-9/h1-7,12,17H,8H2. The van der Waals surface area contributed by atoms with Gasteiger partial charge in [0.15, 0.2) is 11.6 Å². The number of pyridine rings is 1. The highest BCUT2D eigenvalue weighted by molar-refractivity contribution is 5.23. The Balaban J connectivity index is 2.20. The molecule has 0 saturated carbocycles. The molecule has 0 bridgehead atoms. The SMILES string of the molecule is OC(Cc1ccncc1)c1cccc(F)c1F. The van der Waals surface area contributed by atoms with E-state index in [1.165, 1.54) is 12.1 Å². The first-order valence-electron chi connectivity index (χ1n) is 5.19. The van der Waals surface area contributed by atoms with Crippen molar-refractivity contribution in [2.24, 2.45) is 0 Å². The third-order valence-corrected chi connectivity index (χ3v) is 2.52. The Morgan fingerprint density at radius 2 is 1.82 bits per heavy atom. The van der Waals surface area contributed by atoms with Crippen LogP contribution in [0.2, 0.25) is 0 Å². The fourth-order valence-electron chi connectivity index (χ4n) is 1.63. The van der Waals surface area contributed by atoms with Gasteiger partial charge in [0.25, 0.3) is 0 Å². The lowest BCUT2D eigenvalue weighted by Gasteiger charge is -2.12. The molecule has 2 rings (SSSR count). The molecular weight excluding hydrogens is 224 g/mol. The molecule has 4 heteroatoms. The maximum absolute atomic E-state index is 13.4. The van der Waals surface area contributed by atoms with Gasteiger partial charge in [-0.2, -0.15) is 0 Å². The van der Waals surface area contributed by atoms with Gasteiger partial charge < -0.3 is 5.11 Å². The molecule has 1 unspecified atom stereocenters. The summed E-state index contributed by atoms with van der Waals surface area (Å²) < 4.78 is 26.4. The van der Waals surface area contributed by atoms with Crippen LogP contribution in [0.3, 0.4) is 0 Å². The molecule has 0 amide bonds. The Kier molecular flexibility index (Phi) is 3.44. The normalized spacial score (nSPS) is 12.4. The third kappa shape index (κ3) is 2.65. The van der Waals surface area contributed by atoms with Gasteiger partial charge in [-0.15, -0.1) is 0 Å². The monoisotopic (exact) mass is 235 g/mol. The zero-order valence-corrected chi connectivity index (χ0v) is 8.98. The second-order valence-electron chi connectivity index (χ2n) is 3.72. The summed E-state index contributed by atoms with van der Waals surface area (Å²) in [5.74, 6) is -1.94. The molecule has 2 aromatic rings. The summed E-state index contributed by atoms with van der Waals surface area (Å²) >= 11 is 0. The van der Waals surface area contributed by atoms with Crippen LogP contribution in [-0.2, 0) is 6.42 Å². The minimum atomic E-state index is -1.06. The minimum Gasteiger partial charge on any atom is -0.388 e. The van der Waals surface area contributed by atoms with Crippen molar-refractivity contribution in [3.8, 4) is 0 Å². The van der Waals surface area contributed by atoms with Crippen molar-refractivity contribution in [1.29, 1.82) is 0 Å². The molecule has 1 N–H and O–H groups in total. The van der Waals surface area contributed by atoms with Crippen molar-refractivity contribution in [2.45, 2.75) is 12.5 Å². The van der Waals surface area contributed by atoms with Crippen LogP contribution in [0.5, 0.6) is 0 Å². The molecule has 0 fully saturated rings. The second-order valence-corrected chi connectivity index (χ2v) is 3.72. The van der Waals surface area contributed by atoms with Gasteiger partial charge in [-0.3, -0.25) is 4.98 Å². The van der Waals surface area contributed by atoms with Crippen molar-refractivity contribution in [1.82, 2.24) is 4.98 Å². The lowest BCUT2D eigenvalue weighted by Crippen LogP contribution is -2.05. The van der Waals surface area contributed by atoms with Gasteiger partial charge in [-0.25, -0.2) is 8.78 Å². The Morgan fingerprint density at radius 3 is 2.53 bits per heavy atom. The van der Waals surface area contributed by atoms with E-state index in [4.69, 9.17) is 0 Å². The van der Waals surface area contributed by atoms with Crippen molar-refractivity contribution in [2.75, 3.05) is 0 Å². The number of aliphatic hydroxyl groups is 1. The molecule has 0 aliphatic heterocycles. The molecule has 88 valence electrons.